The monoisotopic (exact) mass is 359 g/mol. The third-order valence-electron chi connectivity index (χ3n) is 4.18. The number of anilines is 1. The van der Waals surface area contributed by atoms with Crippen LogP contribution < -0.4 is 5.32 Å². The summed E-state index contributed by atoms with van der Waals surface area (Å²) in [5.74, 6) is -0.115. The van der Waals surface area contributed by atoms with Crippen LogP contribution in [-0.4, -0.2) is 19.5 Å². The molecule has 2 aromatic carbocycles. The van der Waals surface area contributed by atoms with Crippen molar-refractivity contribution in [1.82, 2.24) is 0 Å². The first-order chi connectivity index (χ1) is 11.9. The van der Waals surface area contributed by atoms with Crippen molar-refractivity contribution < 1.29 is 9.05 Å². The van der Waals surface area contributed by atoms with Crippen molar-refractivity contribution in [2.24, 2.45) is 0 Å². The normalized spacial score (nSPS) is 12.8. The fourth-order valence-electron chi connectivity index (χ4n) is 3.31. The van der Waals surface area contributed by atoms with Gasteiger partial charge in [0.25, 0.3) is 0 Å². The van der Waals surface area contributed by atoms with E-state index in [1.165, 1.54) is 22.3 Å². The van der Waals surface area contributed by atoms with Crippen LogP contribution in [0.5, 0.6) is 0 Å². The lowest BCUT2D eigenvalue weighted by molar-refractivity contribution is 0.260. The predicted octanol–water partition coefficient (Wildman–Crippen LogP) is 6.08. The van der Waals surface area contributed by atoms with Crippen LogP contribution in [0.15, 0.2) is 42.5 Å². The van der Waals surface area contributed by atoms with E-state index in [4.69, 9.17) is 9.05 Å². The zero-order valence-corrected chi connectivity index (χ0v) is 16.9. The first kappa shape index (κ1) is 19.8. The predicted molar refractivity (Wildman–Crippen MR) is 111 cm³/mol. The Kier molecular flexibility index (Phi) is 6.89. The van der Waals surface area contributed by atoms with Gasteiger partial charge < -0.3 is 14.4 Å². The van der Waals surface area contributed by atoms with Crippen molar-refractivity contribution in [2.45, 2.75) is 40.4 Å². The Morgan fingerprint density at radius 2 is 1.48 bits per heavy atom. The third-order valence-corrected chi connectivity index (χ3v) is 6.74. The van der Waals surface area contributed by atoms with Gasteiger partial charge in [0.2, 0.25) is 0 Å². The highest BCUT2D eigenvalue weighted by Gasteiger charge is 2.32. The van der Waals surface area contributed by atoms with Crippen LogP contribution in [0.25, 0.3) is 0 Å². The summed E-state index contributed by atoms with van der Waals surface area (Å²) in [7, 11) is -2.40. The van der Waals surface area contributed by atoms with Crippen molar-refractivity contribution in [1.29, 1.82) is 0 Å². The molecule has 0 aliphatic carbocycles. The minimum absolute atomic E-state index is 0.115. The number of benzene rings is 2. The van der Waals surface area contributed by atoms with Crippen molar-refractivity contribution in [3.05, 3.63) is 64.7 Å². The first-order valence-electron chi connectivity index (χ1n) is 8.82. The summed E-state index contributed by atoms with van der Waals surface area (Å²) in [6.07, 6.45) is 4.43. The van der Waals surface area contributed by atoms with E-state index in [1.807, 2.05) is 32.0 Å². The second-order valence-electron chi connectivity index (χ2n) is 6.29. The minimum atomic E-state index is -2.40. The Labute approximate surface area is 152 Å². The van der Waals surface area contributed by atoms with Crippen molar-refractivity contribution in [2.75, 3.05) is 18.5 Å². The summed E-state index contributed by atoms with van der Waals surface area (Å²) < 4.78 is 12.2. The Hall–Kier alpha value is -1.54. The summed E-state index contributed by atoms with van der Waals surface area (Å²) in [5.41, 5.74) is 5.99. The highest BCUT2D eigenvalue weighted by atomic mass is 31.2. The van der Waals surface area contributed by atoms with Crippen molar-refractivity contribution >= 4 is 19.3 Å². The van der Waals surface area contributed by atoms with E-state index in [9.17, 15) is 0 Å². The minimum Gasteiger partial charge on any atom is -0.371 e. The number of aryl methyl sites for hydroxylation is 3. The van der Waals surface area contributed by atoms with Crippen LogP contribution in [0.1, 0.15) is 41.9 Å². The van der Waals surface area contributed by atoms with E-state index in [-0.39, 0.29) is 5.78 Å². The highest BCUT2D eigenvalue weighted by Crippen LogP contribution is 2.61. The number of para-hydroxylation sites is 1. The van der Waals surface area contributed by atoms with Gasteiger partial charge in [0.15, 0.2) is 0 Å². The second kappa shape index (κ2) is 8.71. The molecule has 1 atom stereocenters. The average Bonchev–Trinajstić information content (AvgIpc) is 2.54. The molecule has 0 heterocycles. The molecule has 0 amide bonds. The second-order valence-corrected chi connectivity index (χ2v) is 8.77. The van der Waals surface area contributed by atoms with Gasteiger partial charge >= 0.3 is 0 Å². The largest absolute Gasteiger partial charge is 0.371 e. The standard InChI is InChI=1S/C21H30NO2P/c1-7-23-25(6,24-8-2)21(22-19-12-10-9-11-13-19)20-17(4)14-16(3)15-18(20)5/h9-15,21-22H,6-8H2,1-5H3. The van der Waals surface area contributed by atoms with Crippen LogP contribution >= 0.6 is 7.34 Å². The third kappa shape index (κ3) is 4.76. The summed E-state index contributed by atoms with van der Waals surface area (Å²) in [6, 6.07) is 14.6. The molecule has 25 heavy (non-hydrogen) atoms. The molecule has 136 valence electrons. The maximum atomic E-state index is 6.11. The molecule has 4 heteroatoms. The Morgan fingerprint density at radius 1 is 0.960 bits per heavy atom. The Bertz CT molecular complexity index is 710. The maximum absolute atomic E-state index is 6.11. The summed E-state index contributed by atoms with van der Waals surface area (Å²) in [5, 5.41) is 3.64. The summed E-state index contributed by atoms with van der Waals surface area (Å²) in [4.78, 5) is 0. The topological polar surface area (TPSA) is 30.5 Å². The molecule has 1 unspecified atom stereocenters. The van der Waals surface area contributed by atoms with Crippen LogP contribution in [0.2, 0.25) is 0 Å². The van der Waals surface area contributed by atoms with Gasteiger partial charge in [0.1, 0.15) is 13.1 Å². The van der Waals surface area contributed by atoms with Crippen LogP contribution in [0, 0.1) is 20.8 Å². The molecular formula is C21H30NO2P. The SMILES string of the molecule is C=P(OCC)(OCC)C(Nc1ccccc1)c1c(C)cc(C)cc1C. The van der Waals surface area contributed by atoms with Gasteiger partial charge in [-0.2, -0.15) is 0 Å². The fourth-order valence-corrected chi connectivity index (χ4v) is 5.70. The van der Waals surface area contributed by atoms with E-state index < -0.39 is 7.34 Å². The molecular weight excluding hydrogens is 329 g/mol. The van der Waals surface area contributed by atoms with Gasteiger partial charge in [-0.05, 0) is 69.7 Å². The van der Waals surface area contributed by atoms with Gasteiger partial charge in [-0.15, -0.1) is 0 Å². The number of hydrogen-bond donors (Lipinski definition) is 1. The average molecular weight is 359 g/mol. The van der Waals surface area contributed by atoms with Gasteiger partial charge in [-0.25, -0.2) is 0 Å². The highest BCUT2D eigenvalue weighted by molar-refractivity contribution is 7.64. The molecule has 0 radical (unpaired) electrons. The smallest absolute Gasteiger partial charge is 0.143 e. The number of nitrogens with one attached hydrogen (secondary N) is 1. The van der Waals surface area contributed by atoms with Crippen LogP contribution in [-0.2, 0) is 9.05 Å². The first-order valence-corrected chi connectivity index (χ1v) is 10.7. The lowest BCUT2D eigenvalue weighted by Crippen LogP contribution is -2.18. The zero-order chi connectivity index (χ0) is 18.4. The van der Waals surface area contributed by atoms with Crippen LogP contribution in [0.3, 0.4) is 0 Å². The quantitative estimate of drug-likeness (QED) is 0.580. The summed E-state index contributed by atoms with van der Waals surface area (Å²) >= 11 is 0. The molecule has 0 aliphatic rings. The Morgan fingerprint density at radius 3 is 1.96 bits per heavy atom. The lowest BCUT2D eigenvalue weighted by Gasteiger charge is -2.35. The number of rotatable bonds is 8. The molecule has 0 spiro atoms. The lowest BCUT2D eigenvalue weighted by atomic mass is 9.99. The van der Waals surface area contributed by atoms with Gasteiger partial charge in [0.05, 0.1) is 13.2 Å². The van der Waals surface area contributed by atoms with E-state index in [0.717, 1.165) is 5.69 Å². The van der Waals surface area contributed by atoms with E-state index in [0.29, 0.717) is 13.2 Å². The van der Waals surface area contributed by atoms with E-state index in [1.54, 1.807) is 0 Å². The molecule has 2 rings (SSSR count). The molecule has 0 aliphatic heterocycles. The van der Waals surface area contributed by atoms with E-state index in [2.05, 4.69) is 56.7 Å². The summed E-state index contributed by atoms with van der Waals surface area (Å²) in [6.45, 7) is 11.6. The van der Waals surface area contributed by atoms with Gasteiger partial charge in [-0.3, -0.25) is 0 Å². The zero-order valence-electron chi connectivity index (χ0n) is 16.0. The molecule has 0 saturated carbocycles. The fraction of sp³-hybridized carbons (Fsp3) is 0.381. The van der Waals surface area contributed by atoms with E-state index >= 15 is 0 Å². The number of hydrogen-bond acceptors (Lipinski definition) is 3. The van der Waals surface area contributed by atoms with Crippen LogP contribution in [0.4, 0.5) is 5.69 Å². The van der Waals surface area contributed by atoms with Gasteiger partial charge in [-0.1, -0.05) is 35.9 Å². The molecule has 0 aromatic heterocycles. The Balaban J connectivity index is 2.58. The molecule has 0 saturated heterocycles. The van der Waals surface area contributed by atoms with Crippen molar-refractivity contribution in [3.8, 4) is 0 Å². The maximum Gasteiger partial charge on any atom is 0.143 e. The molecule has 0 bridgehead atoms. The molecule has 3 nitrogen and oxygen atoms in total. The molecule has 0 fully saturated rings. The molecule has 2 aromatic rings. The molecule has 1 N–H and O–H groups in total. The van der Waals surface area contributed by atoms with Gasteiger partial charge in [0, 0.05) is 5.69 Å². The van der Waals surface area contributed by atoms with Crippen molar-refractivity contribution in [3.63, 3.8) is 0 Å².